The maximum atomic E-state index is 3.68. The lowest BCUT2D eigenvalue weighted by Gasteiger charge is -2.25. The maximum absolute atomic E-state index is 3.68. The molecule has 0 radical (unpaired) electrons. The van der Waals surface area contributed by atoms with Gasteiger partial charge in [-0.15, -0.1) is 0 Å². The fourth-order valence-corrected chi connectivity index (χ4v) is 2.93. The van der Waals surface area contributed by atoms with Gasteiger partial charge in [0.15, 0.2) is 0 Å². The zero-order chi connectivity index (χ0) is 13.9. The summed E-state index contributed by atoms with van der Waals surface area (Å²) >= 11 is 0. The highest BCUT2D eigenvalue weighted by Gasteiger charge is 2.12. The molecule has 3 heteroatoms. The first kappa shape index (κ1) is 16.9. The summed E-state index contributed by atoms with van der Waals surface area (Å²) in [7, 11) is 4.32. The Morgan fingerprint density at radius 3 is 2.32 bits per heavy atom. The second-order valence-electron chi connectivity index (χ2n) is 6.35. The molecular formula is C16H35N3. The van der Waals surface area contributed by atoms with Crippen LogP contribution in [0.3, 0.4) is 0 Å². The number of nitrogens with one attached hydrogen (secondary N) is 1. The second-order valence-corrected chi connectivity index (χ2v) is 6.35. The van der Waals surface area contributed by atoms with Crippen molar-refractivity contribution in [1.29, 1.82) is 0 Å². The van der Waals surface area contributed by atoms with E-state index < -0.39 is 0 Å². The standard InChI is InChI=1S/C16H35N3/c1-4-11-19(14-13-18(2)3)12-10-17-15-16-8-6-5-7-9-16/h16-17H,4-15H2,1-3H3. The normalized spacial score (nSPS) is 17.5. The molecule has 0 heterocycles. The summed E-state index contributed by atoms with van der Waals surface area (Å²) < 4.78 is 0. The van der Waals surface area contributed by atoms with E-state index in [0.717, 1.165) is 12.5 Å². The first-order chi connectivity index (χ1) is 9.22. The van der Waals surface area contributed by atoms with Gasteiger partial charge in [0, 0.05) is 26.2 Å². The van der Waals surface area contributed by atoms with E-state index in [4.69, 9.17) is 0 Å². The Hall–Kier alpha value is -0.120. The summed E-state index contributed by atoms with van der Waals surface area (Å²) in [5.41, 5.74) is 0. The van der Waals surface area contributed by atoms with Gasteiger partial charge in [-0.1, -0.05) is 26.2 Å². The summed E-state index contributed by atoms with van der Waals surface area (Å²) in [6.07, 6.45) is 8.54. The SMILES string of the molecule is CCCN(CCNCC1CCCCC1)CCN(C)C. The van der Waals surface area contributed by atoms with Gasteiger partial charge >= 0.3 is 0 Å². The van der Waals surface area contributed by atoms with Crippen molar-refractivity contribution in [3.63, 3.8) is 0 Å². The lowest BCUT2D eigenvalue weighted by atomic mass is 9.89. The third-order valence-electron chi connectivity index (χ3n) is 4.17. The fraction of sp³-hybridized carbons (Fsp3) is 1.00. The molecular weight excluding hydrogens is 234 g/mol. The number of hydrogen-bond donors (Lipinski definition) is 1. The number of likely N-dealkylation sites (N-methyl/N-ethyl adjacent to an activating group) is 1. The van der Waals surface area contributed by atoms with Crippen LogP contribution in [0.15, 0.2) is 0 Å². The molecule has 1 saturated carbocycles. The van der Waals surface area contributed by atoms with E-state index in [-0.39, 0.29) is 0 Å². The van der Waals surface area contributed by atoms with E-state index in [1.807, 2.05) is 0 Å². The van der Waals surface area contributed by atoms with E-state index >= 15 is 0 Å². The topological polar surface area (TPSA) is 18.5 Å². The minimum Gasteiger partial charge on any atom is -0.315 e. The van der Waals surface area contributed by atoms with E-state index in [9.17, 15) is 0 Å². The molecule has 0 amide bonds. The molecule has 0 spiro atoms. The van der Waals surface area contributed by atoms with Crippen LogP contribution in [0.2, 0.25) is 0 Å². The van der Waals surface area contributed by atoms with Gasteiger partial charge in [0.05, 0.1) is 0 Å². The van der Waals surface area contributed by atoms with Crippen LogP contribution >= 0.6 is 0 Å². The van der Waals surface area contributed by atoms with Gasteiger partial charge < -0.3 is 15.1 Å². The van der Waals surface area contributed by atoms with Crippen molar-refractivity contribution in [2.75, 3.05) is 53.4 Å². The van der Waals surface area contributed by atoms with E-state index in [1.165, 1.54) is 71.2 Å². The summed E-state index contributed by atoms with van der Waals surface area (Å²) in [5, 5.41) is 3.68. The smallest absolute Gasteiger partial charge is 0.0110 e. The minimum atomic E-state index is 0.954. The molecule has 19 heavy (non-hydrogen) atoms. The molecule has 0 atom stereocenters. The average Bonchev–Trinajstić information content (AvgIpc) is 2.41. The van der Waals surface area contributed by atoms with Crippen LogP contribution in [-0.2, 0) is 0 Å². The molecule has 0 aliphatic heterocycles. The molecule has 0 unspecified atom stereocenters. The summed E-state index contributed by atoms with van der Waals surface area (Å²) in [6.45, 7) is 9.48. The van der Waals surface area contributed by atoms with Crippen LogP contribution in [0.1, 0.15) is 45.4 Å². The van der Waals surface area contributed by atoms with Crippen molar-refractivity contribution in [3.05, 3.63) is 0 Å². The summed E-state index contributed by atoms with van der Waals surface area (Å²) in [4.78, 5) is 4.87. The Balaban J connectivity index is 2.05. The van der Waals surface area contributed by atoms with Gasteiger partial charge in [-0.3, -0.25) is 0 Å². The largest absolute Gasteiger partial charge is 0.315 e. The van der Waals surface area contributed by atoms with Crippen LogP contribution in [0.25, 0.3) is 0 Å². The molecule has 1 aliphatic rings. The van der Waals surface area contributed by atoms with E-state index in [1.54, 1.807) is 0 Å². The highest BCUT2D eigenvalue weighted by atomic mass is 15.2. The highest BCUT2D eigenvalue weighted by molar-refractivity contribution is 4.69. The van der Waals surface area contributed by atoms with Crippen LogP contribution in [0.5, 0.6) is 0 Å². The fourth-order valence-electron chi connectivity index (χ4n) is 2.93. The van der Waals surface area contributed by atoms with Crippen molar-refractivity contribution in [3.8, 4) is 0 Å². The second kappa shape index (κ2) is 10.6. The summed E-state index contributed by atoms with van der Waals surface area (Å²) in [6, 6.07) is 0. The predicted molar refractivity (Wildman–Crippen MR) is 84.7 cm³/mol. The minimum absolute atomic E-state index is 0.954. The van der Waals surface area contributed by atoms with Gasteiger partial charge in [0.1, 0.15) is 0 Å². The van der Waals surface area contributed by atoms with Crippen molar-refractivity contribution in [2.45, 2.75) is 45.4 Å². The van der Waals surface area contributed by atoms with Crippen molar-refractivity contribution in [1.82, 2.24) is 15.1 Å². The molecule has 114 valence electrons. The maximum Gasteiger partial charge on any atom is 0.0110 e. The molecule has 1 rings (SSSR count). The number of rotatable bonds is 10. The Labute approximate surface area is 120 Å². The Kier molecular flexibility index (Phi) is 9.48. The molecule has 1 N–H and O–H groups in total. The highest BCUT2D eigenvalue weighted by Crippen LogP contribution is 2.22. The lowest BCUT2D eigenvalue weighted by Crippen LogP contribution is -2.38. The molecule has 1 aliphatic carbocycles. The third kappa shape index (κ3) is 8.61. The average molecular weight is 269 g/mol. The molecule has 0 aromatic heterocycles. The van der Waals surface area contributed by atoms with E-state index in [0.29, 0.717) is 0 Å². The zero-order valence-electron chi connectivity index (χ0n) is 13.5. The Morgan fingerprint density at radius 1 is 0.947 bits per heavy atom. The Morgan fingerprint density at radius 2 is 1.68 bits per heavy atom. The monoisotopic (exact) mass is 269 g/mol. The molecule has 0 bridgehead atoms. The molecule has 0 aromatic rings. The van der Waals surface area contributed by atoms with Gasteiger partial charge in [-0.25, -0.2) is 0 Å². The van der Waals surface area contributed by atoms with Gasteiger partial charge in [0.25, 0.3) is 0 Å². The molecule has 1 fully saturated rings. The summed E-state index contributed by atoms with van der Waals surface area (Å²) in [5.74, 6) is 0.954. The molecule has 0 saturated heterocycles. The molecule has 0 aromatic carbocycles. The quantitative estimate of drug-likeness (QED) is 0.615. The van der Waals surface area contributed by atoms with Crippen LogP contribution in [0, 0.1) is 5.92 Å². The van der Waals surface area contributed by atoms with Crippen LogP contribution in [-0.4, -0.2) is 63.2 Å². The zero-order valence-corrected chi connectivity index (χ0v) is 13.5. The van der Waals surface area contributed by atoms with E-state index in [2.05, 4.69) is 36.1 Å². The number of hydrogen-bond acceptors (Lipinski definition) is 3. The first-order valence-electron chi connectivity index (χ1n) is 8.30. The molecule has 3 nitrogen and oxygen atoms in total. The van der Waals surface area contributed by atoms with Crippen LogP contribution < -0.4 is 5.32 Å². The first-order valence-corrected chi connectivity index (χ1v) is 8.30. The van der Waals surface area contributed by atoms with Gasteiger partial charge in [-0.2, -0.15) is 0 Å². The van der Waals surface area contributed by atoms with Gasteiger partial charge in [0.2, 0.25) is 0 Å². The predicted octanol–water partition coefficient (Wildman–Crippen LogP) is 2.43. The Bertz CT molecular complexity index is 200. The van der Waals surface area contributed by atoms with Crippen molar-refractivity contribution >= 4 is 0 Å². The van der Waals surface area contributed by atoms with Crippen LogP contribution in [0.4, 0.5) is 0 Å². The lowest BCUT2D eigenvalue weighted by molar-refractivity contribution is 0.237. The number of nitrogens with zero attached hydrogens (tertiary/aromatic N) is 2. The van der Waals surface area contributed by atoms with Crippen molar-refractivity contribution < 1.29 is 0 Å². The van der Waals surface area contributed by atoms with Gasteiger partial charge in [-0.05, 0) is 52.4 Å². The third-order valence-corrected chi connectivity index (χ3v) is 4.17. The van der Waals surface area contributed by atoms with Crippen molar-refractivity contribution in [2.24, 2.45) is 5.92 Å².